The molecule has 0 aliphatic carbocycles. The maximum Gasteiger partial charge on any atom is 0.223 e. The third-order valence-electron chi connectivity index (χ3n) is 4.85. The molecule has 5 nitrogen and oxygen atoms in total. The molecule has 1 aliphatic heterocycles. The Balaban J connectivity index is 1.71. The minimum absolute atomic E-state index is 0.0720. The molecule has 1 aliphatic rings. The molecule has 0 bridgehead atoms. The van der Waals surface area contributed by atoms with E-state index in [1.807, 2.05) is 18.2 Å². The van der Waals surface area contributed by atoms with Crippen LogP contribution in [0.2, 0.25) is 0 Å². The first-order valence-corrected chi connectivity index (χ1v) is 9.98. The number of rotatable bonds is 4. The summed E-state index contributed by atoms with van der Waals surface area (Å²) in [5.41, 5.74) is 8.37. The highest BCUT2D eigenvalue weighted by Crippen LogP contribution is 2.41. The normalized spacial score (nSPS) is 13.9. The van der Waals surface area contributed by atoms with Crippen molar-refractivity contribution in [1.82, 2.24) is 4.90 Å². The van der Waals surface area contributed by atoms with Crippen molar-refractivity contribution in [1.29, 1.82) is 0 Å². The number of benzene rings is 2. The Morgan fingerprint density at radius 2 is 2.15 bits per heavy atom. The lowest BCUT2D eigenvalue weighted by atomic mass is 10.0. The lowest BCUT2D eigenvalue weighted by molar-refractivity contribution is -0.132. The summed E-state index contributed by atoms with van der Waals surface area (Å²) >= 11 is 1.68. The van der Waals surface area contributed by atoms with Crippen LogP contribution in [-0.2, 0) is 11.3 Å². The predicted octanol–water partition coefficient (Wildman–Crippen LogP) is 3.73. The van der Waals surface area contributed by atoms with Gasteiger partial charge in [-0.2, -0.15) is 0 Å². The average Bonchev–Trinajstić information content (AvgIpc) is 2.98. The van der Waals surface area contributed by atoms with Gasteiger partial charge >= 0.3 is 0 Å². The molecule has 0 atom stereocenters. The molecule has 0 unspecified atom stereocenters. The zero-order valence-corrected chi connectivity index (χ0v) is 15.8. The maximum atomic E-state index is 12.4. The fourth-order valence-corrected chi connectivity index (χ4v) is 4.45. The first kappa shape index (κ1) is 17.8. The second kappa shape index (κ2) is 7.58. The summed E-state index contributed by atoms with van der Waals surface area (Å²) in [6.07, 6.45) is 1.11. The molecule has 1 aromatic heterocycles. The quantitative estimate of drug-likeness (QED) is 0.721. The van der Waals surface area contributed by atoms with E-state index in [1.54, 1.807) is 22.3 Å². The fourth-order valence-electron chi connectivity index (χ4n) is 3.48. The smallest absolute Gasteiger partial charge is 0.223 e. The highest BCUT2D eigenvalue weighted by molar-refractivity contribution is 7.17. The molecule has 3 aromatic rings. The number of phenolic OH excluding ortho intramolecular Hbond substituents is 1. The van der Waals surface area contributed by atoms with Crippen LogP contribution < -0.4 is 10.5 Å². The van der Waals surface area contributed by atoms with Gasteiger partial charge in [-0.05, 0) is 42.1 Å². The third-order valence-corrected chi connectivity index (χ3v) is 5.82. The monoisotopic (exact) mass is 382 g/mol. The Bertz CT molecular complexity index is 983. The van der Waals surface area contributed by atoms with Gasteiger partial charge in [-0.25, -0.2) is 0 Å². The highest BCUT2D eigenvalue weighted by atomic mass is 32.1. The summed E-state index contributed by atoms with van der Waals surface area (Å²) in [4.78, 5) is 14.2. The van der Waals surface area contributed by atoms with Gasteiger partial charge < -0.3 is 20.5 Å². The standard InChI is InChI=1S/C21H22N2O3S/c22-7-3-6-20(25)23-8-9-26-21-15(12-23)10-14(11-18(21)24)17-13-27-19-5-2-1-4-16(17)19/h1-2,4-5,10-11,13,24H,3,6-9,12,22H2. The summed E-state index contributed by atoms with van der Waals surface area (Å²) < 4.78 is 6.96. The van der Waals surface area contributed by atoms with Gasteiger partial charge in [0.25, 0.3) is 0 Å². The molecule has 6 heteroatoms. The summed E-state index contributed by atoms with van der Waals surface area (Å²) in [6, 6.07) is 12.0. The van der Waals surface area contributed by atoms with Crippen molar-refractivity contribution in [2.24, 2.45) is 5.73 Å². The second-order valence-corrected chi connectivity index (χ2v) is 7.60. The average molecular weight is 382 g/mol. The Hall–Kier alpha value is -2.57. The van der Waals surface area contributed by atoms with Crippen LogP contribution in [0.4, 0.5) is 0 Å². The van der Waals surface area contributed by atoms with E-state index in [-0.39, 0.29) is 11.7 Å². The Kier molecular flexibility index (Phi) is 5.01. The molecule has 3 N–H and O–H groups in total. The number of thiophene rings is 1. The lowest BCUT2D eigenvalue weighted by Gasteiger charge is -2.20. The number of aromatic hydroxyl groups is 1. The zero-order chi connectivity index (χ0) is 18.8. The molecule has 27 heavy (non-hydrogen) atoms. The molecule has 0 saturated heterocycles. The summed E-state index contributed by atoms with van der Waals surface area (Å²) in [6.45, 7) is 1.81. The molecular formula is C21H22N2O3S. The van der Waals surface area contributed by atoms with Crippen LogP contribution in [0.15, 0.2) is 41.8 Å². The Morgan fingerprint density at radius 3 is 3.00 bits per heavy atom. The van der Waals surface area contributed by atoms with Crippen LogP contribution in [-0.4, -0.2) is 35.6 Å². The largest absolute Gasteiger partial charge is 0.504 e. The van der Waals surface area contributed by atoms with Crippen LogP contribution in [0.5, 0.6) is 11.5 Å². The predicted molar refractivity (Wildman–Crippen MR) is 108 cm³/mol. The van der Waals surface area contributed by atoms with E-state index in [2.05, 4.69) is 17.5 Å². The van der Waals surface area contributed by atoms with Crippen LogP contribution in [0.3, 0.4) is 0 Å². The van der Waals surface area contributed by atoms with Gasteiger partial charge in [0.2, 0.25) is 5.91 Å². The van der Waals surface area contributed by atoms with Gasteiger partial charge in [0.15, 0.2) is 11.5 Å². The van der Waals surface area contributed by atoms with Crippen molar-refractivity contribution in [2.75, 3.05) is 19.7 Å². The minimum Gasteiger partial charge on any atom is -0.504 e. The molecular weight excluding hydrogens is 360 g/mol. The lowest BCUT2D eigenvalue weighted by Crippen LogP contribution is -2.32. The molecule has 2 aromatic carbocycles. The van der Waals surface area contributed by atoms with Gasteiger partial charge in [-0.1, -0.05) is 18.2 Å². The number of hydrogen-bond acceptors (Lipinski definition) is 5. The van der Waals surface area contributed by atoms with Crippen molar-refractivity contribution in [3.63, 3.8) is 0 Å². The zero-order valence-electron chi connectivity index (χ0n) is 15.0. The number of carbonyl (C=O) groups is 1. The molecule has 1 amide bonds. The number of carbonyl (C=O) groups excluding carboxylic acids is 1. The number of amides is 1. The molecule has 0 fully saturated rings. The van der Waals surface area contributed by atoms with E-state index in [9.17, 15) is 9.90 Å². The van der Waals surface area contributed by atoms with Crippen LogP contribution in [0.25, 0.3) is 21.2 Å². The second-order valence-electron chi connectivity index (χ2n) is 6.69. The maximum absolute atomic E-state index is 12.4. The Morgan fingerprint density at radius 1 is 1.30 bits per heavy atom. The Labute approximate surface area is 162 Å². The number of phenols is 1. The molecule has 0 radical (unpaired) electrons. The van der Waals surface area contributed by atoms with Crippen LogP contribution in [0, 0.1) is 0 Å². The van der Waals surface area contributed by atoms with Gasteiger partial charge in [0, 0.05) is 34.2 Å². The first-order valence-electron chi connectivity index (χ1n) is 9.10. The van der Waals surface area contributed by atoms with E-state index < -0.39 is 0 Å². The van der Waals surface area contributed by atoms with E-state index in [4.69, 9.17) is 10.5 Å². The number of nitrogens with two attached hydrogens (primary N) is 1. The van der Waals surface area contributed by atoms with Crippen molar-refractivity contribution >= 4 is 27.3 Å². The molecule has 0 saturated carbocycles. The number of hydrogen-bond donors (Lipinski definition) is 2. The number of fused-ring (bicyclic) bond motifs is 2. The number of nitrogens with zero attached hydrogens (tertiary/aromatic N) is 1. The van der Waals surface area contributed by atoms with E-state index in [0.29, 0.717) is 44.8 Å². The van der Waals surface area contributed by atoms with Crippen molar-refractivity contribution in [3.8, 4) is 22.6 Å². The molecule has 2 heterocycles. The van der Waals surface area contributed by atoms with Crippen molar-refractivity contribution in [3.05, 3.63) is 47.3 Å². The summed E-state index contributed by atoms with van der Waals surface area (Å²) in [5, 5.41) is 13.8. The van der Waals surface area contributed by atoms with E-state index in [0.717, 1.165) is 22.1 Å². The third kappa shape index (κ3) is 3.50. The van der Waals surface area contributed by atoms with Gasteiger partial charge in [-0.15, -0.1) is 11.3 Å². The molecule has 0 spiro atoms. The van der Waals surface area contributed by atoms with E-state index in [1.165, 1.54) is 4.70 Å². The molecule has 140 valence electrons. The SMILES string of the molecule is NCCCC(=O)N1CCOc2c(O)cc(-c3csc4ccccc34)cc2C1. The van der Waals surface area contributed by atoms with Gasteiger partial charge in [-0.3, -0.25) is 4.79 Å². The van der Waals surface area contributed by atoms with Crippen LogP contribution in [0.1, 0.15) is 18.4 Å². The first-order chi connectivity index (χ1) is 13.2. The van der Waals surface area contributed by atoms with Crippen LogP contribution >= 0.6 is 11.3 Å². The highest BCUT2D eigenvalue weighted by Gasteiger charge is 2.23. The fraction of sp³-hybridized carbons (Fsp3) is 0.286. The minimum atomic E-state index is 0.0720. The van der Waals surface area contributed by atoms with Gasteiger partial charge in [0.1, 0.15) is 6.61 Å². The van der Waals surface area contributed by atoms with Gasteiger partial charge in [0.05, 0.1) is 6.54 Å². The molecule has 4 rings (SSSR count). The van der Waals surface area contributed by atoms with Crippen molar-refractivity contribution < 1.29 is 14.6 Å². The van der Waals surface area contributed by atoms with Crippen molar-refractivity contribution in [2.45, 2.75) is 19.4 Å². The summed E-state index contributed by atoms with van der Waals surface area (Å²) in [5.74, 6) is 0.671. The van der Waals surface area contributed by atoms with E-state index >= 15 is 0 Å². The summed E-state index contributed by atoms with van der Waals surface area (Å²) in [7, 11) is 0. The topological polar surface area (TPSA) is 75.8 Å². The number of ether oxygens (including phenoxy) is 1.